The van der Waals surface area contributed by atoms with E-state index in [0.717, 1.165) is 0 Å². The van der Waals surface area contributed by atoms with Gasteiger partial charge in [0.15, 0.2) is 5.75 Å². The maximum Gasteiger partial charge on any atom is 0.225 e. The van der Waals surface area contributed by atoms with E-state index in [2.05, 4.69) is 42.0 Å². The number of aliphatic hydroxyl groups is 1. The van der Waals surface area contributed by atoms with E-state index in [1.54, 1.807) is 19.3 Å². The summed E-state index contributed by atoms with van der Waals surface area (Å²) in [4.78, 5) is 10.9. The fourth-order valence-electron chi connectivity index (χ4n) is 3.10. The SMILES string of the molecule is Cc1cccc(C)c1COc1cnc(N2CCO[C@@](C)([C@@H](C)O)C2)nc1. The minimum atomic E-state index is -0.612. The van der Waals surface area contributed by atoms with E-state index < -0.39 is 11.7 Å². The van der Waals surface area contributed by atoms with Crippen molar-refractivity contribution in [2.24, 2.45) is 0 Å². The van der Waals surface area contributed by atoms with E-state index in [1.165, 1.54) is 16.7 Å². The number of anilines is 1. The van der Waals surface area contributed by atoms with E-state index in [-0.39, 0.29) is 0 Å². The number of morpholine rings is 1. The summed E-state index contributed by atoms with van der Waals surface area (Å²) in [5.74, 6) is 1.27. The summed E-state index contributed by atoms with van der Waals surface area (Å²) in [6.45, 7) is 10.1. The molecule has 3 rings (SSSR count). The van der Waals surface area contributed by atoms with Gasteiger partial charge < -0.3 is 19.5 Å². The first kappa shape index (κ1) is 18.6. The van der Waals surface area contributed by atoms with Crippen molar-refractivity contribution in [3.63, 3.8) is 0 Å². The smallest absolute Gasteiger partial charge is 0.225 e. The Bertz CT molecular complexity index is 728. The van der Waals surface area contributed by atoms with Gasteiger partial charge >= 0.3 is 0 Å². The second-order valence-corrected chi connectivity index (χ2v) is 7.14. The van der Waals surface area contributed by atoms with Crippen LogP contribution in [0, 0.1) is 13.8 Å². The quantitative estimate of drug-likeness (QED) is 0.887. The Balaban J connectivity index is 1.65. The van der Waals surface area contributed by atoms with Crippen LogP contribution in [-0.4, -0.2) is 46.5 Å². The van der Waals surface area contributed by atoms with Gasteiger partial charge in [-0.2, -0.15) is 0 Å². The first-order valence-corrected chi connectivity index (χ1v) is 8.96. The van der Waals surface area contributed by atoms with Crippen molar-refractivity contribution in [2.45, 2.75) is 46.0 Å². The van der Waals surface area contributed by atoms with Crippen LogP contribution in [0.25, 0.3) is 0 Å². The molecule has 6 nitrogen and oxygen atoms in total. The van der Waals surface area contributed by atoms with Crippen molar-refractivity contribution in [3.8, 4) is 5.75 Å². The average Bonchev–Trinajstić information content (AvgIpc) is 2.62. The van der Waals surface area contributed by atoms with Crippen LogP contribution in [0.3, 0.4) is 0 Å². The lowest BCUT2D eigenvalue weighted by molar-refractivity contribution is -0.112. The third kappa shape index (κ3) is 3.97. The Kier molecular flexibility index (Phi) is 5.44. The maximum absolute atomic E-state index is 9.96. The number of hydrogen-bond donors (Lipinski definition) is 1. The van der Waals surface area contributed by atoms with E-state index >= 15 is 0 Å². The van der Waals surface area contributed by atoms with Crippen LogP contribution in [0.1, 0.15) is 30.5 Å². The van der Waals surface area contributed by atoms with Crippen molar-refractivity contribution in [1.29, 1.82) is 0 Å². The molecule has 2 atom stereocenters. The molecule has 1 aromatic heterocycles. The highest BCUT2D eigenvalue weighted by molar-refractivity contribution is 5.35. The standard InChI is InChI=1S/C20H27N3O3/c1-14-6-5-7-15(2)18(14)12-25-17-10-21-19(22-11-17)23-8-9-26-20(4,13-23)16(3)24/h5-7,10-11,16,24H,8-9,12-13H2,1-4H3/t16-,20-/m1/s1. The number of aliphatic hydroxyl groups excluding tert-OH is 1. The van der Waals surface area contributed by atoms with Crippen LogP contribution >= 0.6 is 0 Å². The Hall–Kier alpha value is -2.18. The molecule has 2 aromatic rings. The lowest BCUT2D eigenvalue weighted by atomic mass is 9.98. The van der Waals surface area contributed by atoms with E-state index in [1.807, 2.05) is 11.8 Å². The summed E-state index contributed by atoms with van der Waals surface area (Å²) in [5, 5.41) is 9.96. The fraction of sp³-hybridized carbons (Fsp3) is 0.500. The van der Waals surface area contributed by atoms with Gasteiger partial charge in [-0.3, -0.25) is 0 Å². The first-order valence-electron chi connectivity index (χ1n) is 8.96. The van der Waals surface area contributed by atoms with E-state index in [4.69, 9.17) is 9.47 Å². The Labute approximate surface area is 154 Å². The van der Waals surface area contributed by atoms with Crippen LogP contribution in [0.15, 0.2) is 30.6 Å². The van der Waals surface area contributed by atoms with Crippen molar-refractivity contribution >= 4 is 5.95 Å². The molecule has 0 unspecified atom stereocenters. The molecular formula is C20H27N3O3. The molecule has 1 N–H and O–H groups in total. The normalized spacial score (nSPS) is 21.5. The second-order valence-electron chi connectivity index (χ2n) is 7.14. The topological polar surface area (TPSA) is 67.7 Å². The Morgan fingerprint density at radius 1 is 1.27 bits per heavy atom. The van der Waals surface area contributed by atoms with E-state index in [9.17, 15) is 5.11 Å². The molecule has 0 saturated carbocycles. The molecular weight excluding hydrogens is 330 g/mol. The molecule has 1 aliphatic heterocycles. The van der Waals surface area contributed by atoms with Crippen molar-refractivity contribution in [2.75, 3.05) is 24.6 Å². The molecule has 140 valence electrons. The van der Waals surface area contributed by atoms with Crippen molar-refractivity contribution < 1.29 is 14.6 Å². The van der Waals surface area contributed by atoms with E-state index in [0.29, 0.717) is 38.0 Å². The van der Waals surface area contributed by atoms with Crippen LogP contribution < -0.4 is 9.64 Å². The molecule has 1 aliphatic rings. The molecule has 1 saturated heterocycles. The van der Waals surface area contributed by atoms with Crippen LogP contribution in [0.2, 0.25) is 0 Å². The molecule has 26 heavy (non-hydrogen) atoms. The lowest BCUT2D eigenvalue weighted by Gasteiger charge is -2.42. The first-order chi connectivity index (χ1) is 12.4. The summed E-state index contributed by atoms with van der Waals surface area (Å²) < 4.78 is 11.6. The summed E-state index contributed by atoms with van der Waals surface area (Å²) in [6.07, 6.45) is 2.83. The van der Waals surface area contributed by atoms with Gasteiger partial charge in [0.25, 0.3) is 0 Å². The molecule has 0 bridgehead atoms. The number of hydrogen-bond acceptors (Lipinski definition) is 6. The number of aryl methyl sites for hydroxylation is 2. The minimum Gasteiger partial charge on any atom is -0.486 e. The van der Waals surface area contributed by atoms with Gasteiger partial charge in [0.1, 0.15) is 12.2 Å². The predicted octanol–water partition coefficient (Wildman–Crippen LogP) is 2.65. The monoisotopic (exact) mass is 357 g/mol. The van der Waals surface area contributed by atoms with Gasteiger partial charge in [-0.25, -0.2) is 9.97 Å². The number of rotatable bonds is 5. The van der Waals surface area contributed by atoms with Crippen LogP contribution in [0.5, 0.6) is 5.75 Å². The third-order valence-corrected chi connectivity index (χ3v) is 5.11. The van der Waals surface area contributed by atoms with Gasteiger partial charge in [-0.05, 0) is 44.4 Å². The zero-order chi connectivity index (χ0) is 18.7. The molecule has 0 radical (unpaired) electrons. The molecule has 1 fully saturated rings. The molecule has 0 spiro atoms. The number of ether oxygens (including phenoxy) is 2. The Morgan fingerprint density at radius 3 is 2.54 bits per heavy atom. The highest BCUT2D eigenvalue weighted by Gasteiger charge is 2.37. The lowest BCUT2D eigenvalue weighted by Crippen LogP contribution is -2.56. The van der Waals surface area contributed by atoms with Gasteiger partial charge in [0.05, 0.1) is 31.6 Å². The summed E-state index contributed by atoms with van der Waals surface area (Å²) >= 11 is 0. The zero-order valence-corrected chi connectivity index (χ0v) is 15.9. The highest BCUT2D eigenvalue weighted by Crippen LogP contribution is 2.25. The molecule has 0 aliphatic carbocycles. The van der Waals surface area contributed by atoms with Crippen LogP contribution in [-0.2, 0) is 11.3 Å². The number of nitrogens with zero attached hydrogens (tertiary/aromatic N) is 3. The van der Waals surface area contributed by atoms with Crippen molar-refractivity contribution in [1.82, 2.24) is 9.97 Å². The molecule has 6 heteroatoms. The van der Waals surface area contributed by atoms with Gasteiger partial charge in [-0.1, -0.05) is 18.2 Å². The average molecular weight is 357 g/mol. The number of aromatic nitrogens is 2. The molecule has 2 heterocycles. The fourth-order valence-corrected chi connectivity index (χ4v) is 3.10. The van der Waals surface area contributed by atoms with Gasteiger partial charge in [0, 0.05) is 6.54 Å². The summed E-state index contributed by atoms with van der Waals surface area (Å²) in [5.41, 5.74) is 3.01. The summed E-state index contributed by atoms with van der Waals surface area (Å²) in [6, 6.07) is 6.22. The minimum absolute atomic E-state index is 0.499. The third-order valence-electron chi connectivity index (χ3n) is 5.11. The second kappa shape index (κ2) is 7.60. The van der Waals surface area contributed by atoms with Crippen LogP contribution in [0.4, 0.5) is 5.95 Å². The Morgan fingerprint density at radius 2 is 1.92 bits per heavy atom. The van der Waals surface area contributed by atoms with Gasteiger partial charge in [0.2, 0.25) is 5.95 Å². The van der Waals surface area contributed by atoms with Gasteiger partial charge in [-0.15, -0.1) is 0 Å². The molecule has 1 aromatic carbocycles. The largest absolute Gasteiger partial charge is 0.486 e. The van der Waals surface area contributed by atoms with Crippen molar-refractivity contribution in [3.05, 3.63) is 47.3 Å². The summed E-state index contributed by atoms with van der Waals surface area (Å²) in [7, 11) is 0. The zero-order valence-electron chi connectivity index (χ0n) is 15.9. The highest BCUT2D eigenvalue weighted by atomic mass is 16.5. The molecule has 0 amide bonds. The maximum atomic E-state index is 9.96. The number of benzene rings is 1. The predicted molar refractivity (Wildman–Crippen MR) is 101 cm³/mol.